The zero-order chi connectivity index (χ0) is 17.1. The third kappa shape index (κ3) is 3.22. The number of aryl methyl sites for hydroxylation is 2. The maximum Gasteiger partial charge on any atom is 0.253 e. The van der Waals surface area contributed by atoms with E-state index in [1.807, 2.05) is 24.3 Å². The number of aromatic nitrogens is 1. The minimum Gasteiger partial charge on any atom is -0.343 e. The molecule has 0 fully saturated rings. The van der Waals surface area contributed by atoms with Crippen LogP contribution >= 0.6 is 0 Å². The number of carbonyl (C=O) groups excluding carboxylic acids is 2. The summed E-state index contributed by atoms with van der Waals surface area (Å²) in [5.74, 6) is -0.510. The molecule has 0 unspecified atom stereocenters. The monoisotopic (exact) mass is 325 g/mol. The molecule has 1 aromatic heterocycles. The van der Waals surface area contributed by atoms with E-state index < -0.39 is 0 Å². The highest BCUT2D eigenvalue weighted by molar-refractivity contribution is 6.00. The van der Waals surface area contributed by atoms with Crippen LogP contribution in [0.25, 0.3) is 0 Å². The molecule has 2 amide bonds. The Morgan fingerprint density at radius 3 is 2.75 bits per heavy atom. The fourth-order valence-electron chi connectivity index (χ4n) is 2.87. The Balaban J connectivity index is 1.67. The van der Waals surface area contributed by atoms with Crippen molar-refractivity contribution in [3.8, 4) is 0 Å². The van der Waals surface area contributed by atoms with Gasteiger partial charge in [0.1, 0.15) is 0 Å². The van der Waals surface area contributed by atoms with Crippen LogP contribution in [0, 0.1) is 0 Å². The number of benzene rings is 1. The van der Waals surface area contributed by atoms with Gasteiger partial charge in [-0.25, -0.2) is 0 Å². The molecule has 0 saturated heterocycles. The van der Waals surface area contributed by atoms with E-state index in [-0.39, 0.29) is 23.9 Å². The molecular formula is C18H19N3O3. The predicted octanol–water partition coefficient (Wildman–Crippen LogP) is 1.09. The number of carbonyl (C=O) groups is 2. The van der Waals surface area contributed by atoms with Crippen molar-refractivity contribution in [1.82, 2.24) is 9.88 Å². The summed E-state index contributed by atoms with van der Waals surface area (Å²) >= 11 is 0. The second-order valence-electron chi connectivity index (χ2n) is 5.83. The van der Waals surface area contributed by atoms with Gasteiger partial charge in [0.25, 0.3) is 5.91 Å². The summed E-state index contributed by atoms with van der Waals surface area (Å²) in [6.07, 6.45) is 3.33. The Labute approximate surface area is 139 Å². The van der Waals surface area contributed by atoms with Crippen LogP contribution in [0.4, 0.5) is 5.69 Å². The lowest BCUT2D eigenvalue weighted by molar-refractivity contribution is -0.117. The number of amides is 2. The number of hydrogen-bond acceptors (Lipinski definition) is 3. The molecule has 0 radical (unpaired) electrons. The summed E-state index contributed by atoms with van der Waals surface area (Å²) in [5.41, 5.74) is 2.24. The van der Waals surface area contributed by atoms with E-state index in [1.165, 1.54) is 22.9 Å². The SMILES string of the molecule is Cn1cc(C(=O)NCC(=O)N2CCCc3ccccc32)ccc1=O. The molecule has 0 aliphatic carbocycles. The molecule has 0 atom stereocenters. The van der Waals surface area contributed by atoms with Crippen molar-refractivity contribution in [2.45, 2.75) is 12.8 Å². The van der Waals surface area contributed by atoms with Crippen molar-refractivity contribution in [3.63, 3.8) is 0 Å². The van der Waals surface area contributed by atoms with Crippen molar-refractivity contribution >= 4 is 17.5 Å². The first-order valence-corrected chi connectivity index (χ1v) is 7.89. The third-order valence-electron chi connectivity index (χ3n) is 4.16. The molecule has 1 aliphatic rings. The summed E-state index contributed by atoms with van der Waals surface area (Å²) in [7, 11) is 1.58. The molecule has 2 heterocycles. The molecule has 0 saturated carbocycles. The molecule has 24 heavy (non-hydrogen) atoms. The van der Waals surface area contributed by atoms with Crippen LogP contribution in [0.2, 0.25) is 0 Å². The lowest BCUT2D eigenvalue weighted by Gasteiger charge is -2.29. The summed E-state index contributed by atoms with van der Waals surface area (Å²) in [6, 6.07) is 10.6. The maximum atomic E-state index is 12.5. The zero-order valence-corrected chi connectivity index (χ0v) is 13.5. The molecule has 1 aliphatic heterocycles. The fourth-order valence-corrected chi connectivity index (χ4v) is 2.87. The van der Waals surface area contributed by atoms with Gasteiger partial charge in [0.15, 0.2) is 0 Å². The highest BCUT2D eigenvalue weighted by atomic mass is 16.2. The first kappa shape index (κ1) is 16.0. The van der Waals surface area contributed by atoms with Gasteiger partial charge in [-0.3, -0.25) is 14.4 Å². The van der Waals surface area contributed by atoms with Crippen molar-refractivity contribution in [1.29, 1.82) is 0 Å². The number of nitrogens with zero attached hydrogens (tertiary/aromatic N) is 2. The van der Waals surface area contributed by atoms with Gasteiger partial charge in [-0.1, -0.05) is 18.2 Å². The number of hydrogen-bond donors (Lipinski definition) is 1. The number of fused-ring (bicyclic) bond motifs is 1. The van der Waals surface area contributed by atoms with Crippen LogP contribution in [0.3, 0.4) is 0 Å². The molecule has 3 rings (SSSR count). The Bertz CT molecular complexity index is 841. The normalized spacial score (nSPS) is 13.3. The lowest BCUT2D eigenvalue weighted by Crippen LogP contribution is -2.42. The highest BCUT2D eigenvalue weighted by Crippen LogP contribution is 2.26. The zero-order valence-electron chi connectivity index (χ0n) is 13.5. The van der Waals surface area contributed by atoms with E-state index >= 15 is 0 Å². The van der Waals surface area contributed by atoms with Crippen molar-refractivity contribution in [2.24, 2.45) is 7.05 Å². The van der Waals surface area contributed by atoms with Gasteiger partial charge < -0.3 is 14.8 Å². The van der Waals surface area contributed by atoms with Crippen LogP contribution in [0.1, 0.15) is 22.3 Å². The summed E-state index contributed by atoms with van der Waals surface area (Å²) in [5, 5.41) is 2.63. The standard InChI is InChI=1S/C18H19N3O3/c1-20-12-14(8-9-16(20)22)18(24)19-11-17(23)21-10-4-6-13-5-2-3-7-15(13)21/h2-3,5,7-9,12H,4,6,10-11H2,1H3,(H,19,24). The summed E-state index contributed by atoms with van der Waals surface area (Å²) < 4.78 is 1.33. The highest BCUT2D eigenvalue weighted by Gasteiger charge is 2.22. The van der Waals surface area contributed by atoms with E-state index in [9.17, 15) is 14.4 Å². The van der Waals surface area contributed by atoms with Crippen LogP contribution in [-0.4, -0.2) is 29.5 Å². The Hall–Kier alpha value is -2.89. The topological polar surface area (TPSA) is 71.4 Å². The molecular weight excluding hydrogens is 306 g/mol. The molecule has 2 aromatic rings. The Kier molecular flexibility index (Phi) is 4.46. The minimum absolute atomic E-state index is 0.0734. The molecule has 6 nitrogen and oxygen atoms in total. The van der Waals surface area contributed by atoms with Crippen molar-refractivity contribution < 1.29 is 9.59 Å². The Morgan fingerprint density at radius 1 is 1.17 bits per heavy atom. The number of rotatable bonds is 3. The number of para-hydroxylation sites is 1. The molecule has 124 valence electrons. The maximum absolute atomic E-state index is 12.5. The quantitative estimate of drug-likeness (QED) is 0.918. The summed E-state index contributed by atoms with van der Waals surface area (Å²) in [6.45, 7) is 0.585. The van der Waals surface area contributed by atoms with Gasteiger partial charge in [0.05, 0.1) is 12.1 Å². The molecule has 0 spiro atoms. The van der Waals surface area contributed by atoms with Gasteiger partial charge in [-0.15, -0.1) is 0 Å². The lowest BCUT2D eigenvalue weighted by atomic mass is 10.0. The molecule has 1 N–H and O–H groups in total. The van der Waals surface area contributed by atoms with E-state index in [4.69, 9.17) is 0 Å². The van der Waals surface area contributed by atoms with Crippen LogP contribution in [-0.2, 0) is 18.3 Å². The van der Waals surface area contributed by atoms with E-state index in [2.05, 4.69) is 5.32 Å². The van der Waals surface area contributed by atoms with E-state index in [0.717, 1.165) is 24.1 Å². The average molecular weight is 325 g/mol. The van der Waals surface area contributed by atoms with Gasteiger partial charge in [-0.05, 0) is 30.5 Å². The summed E-state index contributed by atoms with van der Waals surface area (Å²) in [4.78, 5) is 37.7. The van der Waals surface area contributed by atoms with Gasteiger partial charge in [0, 0.05) is 31.5 Å². The average Bonchev–Trinajstić information content (AvgIpc) is 2.61. The number of pyridine rings is 1. The van der Waals surface area contributed by atoms with Gasteiger partial charge in [0.2, 0.25) is 11.5 Å². The van der Waals surface area contributed by atoms with Gasteiger partial charge >= 0.3 is 0 Å². The van der Waals surface area contributed by atoms with Crippen LogP contribution in [0.15, 0.2) is 47.4 Å². The third-order valence-corrected chi connectivity index (χ3v) is 4.16. The number of anilines is 1. The predicted molar refractivity (Wildman–Crippen MR) is 91.1 cm³/mol. The van der Waals surface area contributed by atoms with E-state index in [1.54, 1.807) is 11.9 Å². The van der Waals surface area contributed by atoms with Crippen molar-refractivity contribution in [2.75, 3.05) is 18.0 Å². The minimum atomic E-state index is -0.371. The van der Waals surface area contributed by atoms with Crippen LogP contribution < -0.4 is 15.8 Å². The second kappa shape index (κ2) is 6.70. The van der Waals surface area contributed by atoms with Crippen LogP contribution in [0.5, 0.6) is 0 Å². The molecule has 1 aromatic carbocycles. The molecule has 0 bridgehead atoms. The smallest absolute Gasteiger partial charge is 0.253 e. The first-order valence-electron chi connectivity index (χ1n) is 7.89. The van der Waals surface area contributed by atoms with E-state index in [0.29, 0.717) is 12.1 Å². The van der Waals surface area contributed by atoms with Crippen molar-refractivity contribution in [3.05, 3.63) is 64.1 Å². The Morgan fingerprint density at radius 2 is 1.96 bits per heavy atom. The fraction of sp³-hybridized carbons (Fsp3) is 0.278. The largest absolute Gasteiger partial charge is 0.343 e. The molecule has 6 heteroatoms. The van der Waals surface area contributed by atoms with Gasteiger partial charge in [-0.2, -0.15) is 0 Å². The second-order valence-corrected chi connectivity index (χ2v) is 5.83. The first-order chi connectivity index (χ1) is 11.6. The number of nitrogens with one attached hydrogen (secondary N) is 1.